The van der Waals surface area contributed by atoms with Gasteiger partial charge in [0.15, 0.2) is 11.6 Å². The molecule has 150 valence electrons. The van der Waals surface area contributed by atoms with E-state index in [0.29, 0.717) is 38.0 Å². The number of benzene rings is 2. The van der Waals surface area contributed by atoms with Gasteiger partial charge in [-0.3, -0.25) is 4.79 Å². The van der Waals surface area contributed by atoms with E-state index in [1.807, 2.05) is 38.1 Å². The van der Waals surface area contributed by atoms with Crippen LogP contribution >= 0.6 is 0 Å². The first-order valence-electron chi connectivity index (χ1n) is 9.86. The summed E-state index contributed by atoms with van der Waals surface area (Å²) in [7, 11) is 0. The first kappa shape index (κ1) is 20.5. The van der Waals surface area contributed by atoms with Gasteiger partial charge in [-0.25, -0.2) is 8.78 Å². The van der Waals surface area contributed by atoms with Gasteiger partial charge in [0.2, 0.25) is 5.91 Å². The second-order valence-electron chi connectivity index (χ2n) is 7.68. The van der Waals surface area contributed by atoms with E-state index in [2.05, 4.69) is 5.32 Å². The molecule has 0 aromatic heterocycles. The molecule has 1 heterocycles. The lowest BCUT2D eigenvalue weighted by atomic mass is 9.74. The Morgan fingerprint density at radius 3 is 2.50 bits per heavy atom. The predicted molar refractivity (Wildman–Crippen MR) is 106 cm³/mol. The molecule has 0 saturated carbocycles. The molecule has 28 heavy (non-hydrogen) atoms. The molecule has 1 atom stereocenters. The Kier molecular flexibility index (Phi) is 6.45. The fourth-order valence-corrected chi connectivity index (χ4v) is 3.65. The molecule has 0 radical (unpaired) electrons. The van der Waals surface area contributed by atoms with Crippen LogP contribution in [0.5, 0.6) is 0 Å². The van der Waals surface area contributed by atoms with Crippen LogP contribution in [-0.4, -0.2) is 25.2 Å². The Bertz CT molecular complexity index is 831. The minimum atomic E-state index is -0.864. The molecule has 2 aromatic rings. The SMILES string of the molecule is CC[C@@H](C)NC(=O)C1(Cc2cccc(-c3ccc(F)c(F)c3)c2)CCOCC1. The van der Waals surface area contributed by atoms with Crippen LogP contribution in [0.1, 0.15) is 38.7 Å². The fourth-order valence-electron chi connectivity index (χ4n) is 3.65. The van der Waals surface area contributed by atoms with Crippen molar-refractivity contribution in [2.75, 3.05) is 13.2 Å². The number of carbonyl (C=O) groups excluding carboxylic acids is 1. The molecule has 5 heteroatoms. The van der Waals surface area contributed by atoms with Crippen LogP contribution in [0.25, 0.3) is 11.1 Å². The minimum absolute atomic E-state index is 0.0726. The van der Waals surface area contributed by atoms with Gasteiger partial charge in [0.05, 0.1) is 5.41 Å². The molecule has 0 aliphatic carbocycles. The summed E-state index contributed by atoms with van der Waals surface area (Å²) in [6.45, 7) is 5.19. The number of nitrogens with one attached hydrogen (secondary N) is 1. The molecule has 1 saturated heterocycles. The summed E-state index contributed by atoms with van der Waals surface area (Å²) in [6, 6.07) is 11.7. The van der Waals surface area contributed by atoms with Crippen molar-refractivity contribution in [1.29, 1.82) is 0 Å². The zero-order chi connectivity index (χ0) is 20.1. The maximum absolute atomic E-state index is 13.6. The number of ether oxygens (including phenoxy) is 1. The predicted octanol–water partition coefficient (Wildman–Crippen LogP) is 4.89. The van der Waals surface area contributed by atoms with Crippen molar-refractivity contribution in [1.82, 2.24) is 5.32 Å². The maximum Gasteiger partial charge on any atom is 0.226 e. The van der Waals surface area contributed by atoms with Gasteiger partial charge in [0.1, 0.15) is 0 Å². The Morgan fingerprint density at radius 1 is 1.11 bits per heavy atom. The van der Waals surface area contributed by atoms with Gasteiger partial charge in [0.25, 0.3) is 0 Å². The van der Waals surface area contributed by atoms with Gasteiger partial charge in [0, 0.05) is 19.3 Å². The van der Waals surface area contributed by atoms with Crippen LogP contribution in [0.3, 0.4) is 0 Å². The summed E-state index contributed by atoms with van der Waals surface area (Å²) >= 11 is 0. The van der Waals surface area contributed by atoms with Gasteiger partial charge < -0.3 is 10.1 Å². The molecule has 0 bridgehead atoms. The zero-order valence-electron chi connectivity index (χ0n) is 16.4. The van der Waals surface area contributed by atoms with Crippen LogP contribution in [0.4, 0.5) is 8.78 Å². The normalized spacial score (nSPS) is 17.1. The van der Waals surface area contributed by atoms with Crippen molar-refractivity contribution in [3.05, 3.63) is 59.7 Å². The molecule has 3 nitrogen and oxygen atoms in total. The summed E-state index contributed by atoms with van der Waals surface area (Å²) in [5.41, 5.74) is 1.92. The maximum atomic E-state index is 13.6. The number of hydrogen-bond acceptors (Lipinski definition) is 2. The van der Waals surface area contributed by atoms with E-state index >= 15 is 0 Å². The Morgan fingerprint density at radius 2 is 1.82 bits per heavy atom. The van der Waals surface area contributed by atoms with E-state index in [0.717, 1.165) is 23.6 Å². The molecule has 1 aliphatic rings. The third-order valence-electron chi connectivity index (χ3n) is 5.64. The standard InChI is InChI=1S/C23H27F2NO2/c1-3-16(2)26-22(27)23(9-11-28-12-10-23)15-17-5-4-6-18(13-17)19-7-8-20(24)21(25)14-19/h4-8,13-14,16H,3,9-12,15H2,1-2H3,(H,26,27)/t16-/m1/s1. The van der Waals surface area contributed by atoms with E-state index in [4.69, 9.17) is 4.74 Å². The number of carbonyl (C=O) groups is 1. The van der Waals surface area contributed by atoms with Gasteiger partial charge >= 0.3 is 0 Å². The second kappa shape index (κ2) is 8.82. The molecule has 2 aromatic carbocycles. The molecule has 1 N–H and O–H groups in total. The first-order chi connectivity index (χ1) is 13.4. The van der Waals surface area contributed by atoms with E-state index in [1.54, 1.807) is 6.07 Å². The molecular weight excluding hydrogens is 360 g/mol. The molecule has 1 fully saturated rings. The van der Waals surface area contributed by atoms with Crippen molar-refractivity contribution in [2.45, 2.75) is 45.6 Å². The van der Waals surface area contributed by atoms with Crippen LogP contribution in [-0.2, 0) is 16.0 Å². The summed E-state index contributed by atoms with van der Waals surface area (Å²) in [6.07, 6.45) is 2.81. The van der Waals surface area contributed by atoms with Crippen molar-refractivity contribution in [2.24, 2.45) is 5.41 Å². The van der Waals surface area contributed by atoms with Crippen molar-refractivity contribution < 1.29 is 18.3 Å². The Balaban J connectivity index is 1.87. The number of halogens is 2. The second-order valence-corrected chi connectivity index (χ2v) is 7.68. The first-order valence-corrected chi connectivity index (χ1v) is 9.86. The highest BCUT2D eigenvalue weighted by molar-refractivity contribution is 5.83. The largest absolute Gasteiger partial charge is 0.381 e. The summed E-state index contributed by atoms with van der Waals surface area (Å²) in [5.74, 6) is -1.65. The third kappa shape index (κ3) is 4.58. The molecule has 1 amide bonds. The van der Waals surface area contributed by atoms with Gasteiger partial charge in [-0.15, -0.1) is 0 Å². The fraction of sp³-hybridized carbons (Fsp3) is 0.435. The van der Waals surface area contributed by atoms with Crippen LogP contribution in [0, 0.1) is 17.0 Å². The van der Waals surface area contributed by atoms with Gasteiger partial charge in [-0.05, 0) is 61.4 Å². The lowest BCUT2D eigenvalue weighted by Gasteiger charge is -2.37. The Labute approximate surface area is 165 Å². The highest BCUT2D eigenvalue weighted by Gasteiger charge is 2.40. The number of hydrogen-bond donors (Lipinski definition) is 1. The average molecular weight is 387 g/mol. The minimum Gasteiger partial charge on any atom is -0.381 e. The van der Waals surface area contributed by atoms with Crippen molar-refractivity contribution in [3.8, 4) is 11.1 Å². The zero-order valence-corrected chi connectivity index (χ0v) is 16.4. The van der Waals surface area contributed by atoms with Crippen molar-refractivity contribution in [3.63, 3.8) is 0 Å². The van der Waals surface area contributed by atoms with E-state index < -0.39 is 17.0 Å². The molecule has 3 rings (SSSR count). The number of amides is 1. The van der Waals surface area contributed by atoms with Gasteiger partial charge in [-0.2, -0.15) is 0 Å². The van der Waals surface area contributed by atoms with E-state index in [1.165, 1.54) is 6.07 Å². The van der Waals surface area contributed by atoms with E-state index in [9.17, 15) is 13.6 Å². The van der Waals surface area contributed by atoms with Crippen molar-refractivity contribution >= 4 is 5.91 Å². The highest BCUT2D eigenvalue weighted by Crippen LogP contribution is 2.36. The lowest BCUT2D eigenvalue weighted by molar-refractivity contribution is -0.137. The van der Waals surface area contributed by atoms with Crippen LogP contribution in [0.15, 0.2) is 42.5 Å². The van der Waals surface area contributed by atoms with Crippen LogP contribution < -0.4 is 5.32 Å². The third-order valence-corrected chi connectivity index (χ3v) is 5.64. The molecule has 1 aliphatic heterocycles. The quantitative estimate of drug-likeness (QED) is 0.767. The Hall–Kier alpha value is -2.27. The smallest absolute Gasteiger partial charge is 0.226 e. The topological polar surface area (TPSA) is 38.3 Å². The highest BCUT2D eigenvalue weighted by atomic mass is 19.2. The summed E-state index contributed by atoms with van der Waals surface area (Å²) in [4.78, 5) is 13.1. The monoisotopic (exact) mass is 387 g/mol. The van der Waals surface area contributed by atoms with Crippen LogP contribution in [0.2, 0.25) is 0 Å². The molecule has 0 spiro atoms. The average Bonchev–Trinajstić information content (AvgIpc) is 2.70. The molecule has 0 unspecified atom stereocenters. The summed E-state index contributed by atoms with van der Waals surface area (Å²) < 4.78 is 32.4. The van der Waals surface area contributed by atoms with Gasteiger partial charge in [-0.1, -0.05) is 37.3 Å². The molecular formula is C23H27F2NO2. The lowest BCUT2D eigenvalue weighted by Crippen LogP contribution is -2.48. The van der Waals surface area contributed by atoms with E-state index in [-0.39, 0.29) is 11.9 Å². The summed E-state index contributed by atoms with van der Waals surface area (Å²) in [5, 5.41) is 3.13. The number of rotatable bonds is 6.